The lowest BCUT2D eigenvalue weighted by molar-refractivity contribution is 0.0940. The molecule has 0 saturated heterocycles. The van der Waals surface area contributed by atoms with Gasteiger partial charge in [0.05, 0.1) is 10.7 Å². The molecule has 0 spiro atoms. The summed E-state index contributed by atoms with van der Waals surface area (Å²) in [6, 6.07) is 7.31. The molecule has 0 unspecified atom stereocenters. The van der Waals surface area contributed by atoms with E-state index in [-0.39, 0.29) is 5.91 Å². The van der Waals surface area contributed by atoms with E-state index in [2.05, 4.69) is 10.4 Å². The van der Waals surface area contributed by atoms with Gasteiger partial charge >= 0.3 is 0 Å². The number of nitrogens with zero attached hydrogens (tertiary/aromatic N) is 2. The summed E-state index contributed by atoms with van der Waals surface area (Å²) in [6.07, 6.45) is 0. The van der Waals surface area contributed by atoms with Gasteiger partial charge in [0.25, 0.3) is 5.91 Å². The molecule has 6 heteroatoms. The second-order valence-electron chi connectivity index (χ2n) is 4.37. The highest BCUT2D eigenvalue weighted by atomic mass is 35.5. The maximum atomic E-state index is 12.2. The van der Waals surface area contributed by atoms with Gasteiger partial charge in [-0.05, 0) is 31.5 Å². The van der Waals surface area contributed by atoms with E-state index in [1.807, 2.05) is 19.1 Å². The van der Waals surface area contributed by atoms with E-state index in [0.29, 0.717) is 34.5 Å². The molecule has 2 aromatic rings. The Hall–Kier alpha value is -1.52. The lowest BCUT2D eigenvalue weighted by Crippen LogP contribution is -2.26. The SMILES string of the molecule is CCn1nc(C)c(Cl)c1C(=O)NCc1ccc(Cl)cc1. The maximum Gasteiger partial charge on any atom is 0.271 e. The monoisotopic (exact) mass is 311 g/mol. The fourth-order valence-electron chi connectivity index (χ4n) is 1.87. The van der Waals surface area contributed by atoms with Gasteiger partial charge < -0.3 is 5.32 Å². The molecule has 2 rings (SSSR count). The molecule has 4 nitrogen and oxygen atoms in total. The highest BCUT2D eigenvalue weighted by Gasteiger charge is 2.19. The number of aromatic nitrogens is 2. The summed E-state index contributed by atoms with van der Waals surface area (Å²) in [5.41, 5.74) is 2.03. The van der Waals surface area contributed by atoms with E-state index >= 15 is 0 Å². The van der Waals surface area contributed by atoms with Crippen LogP contribution in [0.3, 0.4) is 0 Å². The van der Waals surface area contributed by atoms with Crippen molar-refractivity contribution in [2.75, 3.05) is 0 Å². The molecule has 1 aromatic carbocycles. The van der Waals surface area contributed by atoms with Crippen LogP contribution < -0.4 is 5.32 Å². The normalized spacial score (nSPS) is 10.6. The molecule has 20 heavy (non-hydrogen) atoms. The average Bonchev–Trinajstić information content (AvgIpc) is 2.73. The van der Waals surface area contributed by atoms with Gasteiger partial charge in [0.2, 0.25) is 0 Å². The second kappa shape index (κ2) is 6.29. The molecule has 0 saturated carbocycles. The number of benzene rings is 1. The molecule has 0 bridgehead atoms. The van der Waals surface area contributed by atoms with Crippen LogP contribution in [0.2, 0.25) is 10.0 Å². The Bertz CT molecular complexity index is 620. The van der Waals surface area contributed by atoms with Gasteiger partial charge in [-0.15, -0.1) is 0 Å². The lowest BCUT2D eigenvalue weighted by Gasteiger charge is -2.07. The van der Waals surface area contributed by atoms with Crippen molar-refractivity contribution < 1.29 is 4.79 Å². The van der Waals surface area contributed by atoms with Gasteiger partial charge in [-0.3, -0.25) is 9.48 Å². The zero-order valence-electron chi connectivity index (χ0n) is 11.3. The number of hydrogen-bond acceptors (Lipinski definition) is 2. The number of carbonyl (C=O) groups is 1. The fourth-order valence-corrected chi connectivity index (χ4v) is 2.22. The number of carbonyl (C=O) groups excluding carboxylic acids is 1. The van der Waals surface area contributed by atoms with Crippen molar-refractivity contribution >= 4 is 29.1 Å². The third-order valence-corrected chi connectivity index (χ3v) is 3.64. The van der Waals surface area contributed by atoms with Crippen LogP contribution in [-0.4, -0.2) is 15.7 Å². The Morgan fingerprint density at radius 3 is 2.55 bits per heavy atom. The molecule has 1 N–H and O–H groups in total. The first-order valence-corrected chi connectivity index (χ1v) is 7.04. The summed E-state index contributed by atoms with van der Waals surface area (Å²) < 4.78 is 1.61. The minimum atomic E-state index is -0.229. The number of amides is 1. The first-order chi connectivity index (χ1) is 9.52. The van der Waals surface area contributed by atoms with Crippen LogP contribution in [0.4, 0.5) is 0 Å². The van der Waals surface area contributed by atoms with E-state index in [1.165, 1.54) is 0 Å². The number of aryl methyl sites for hydroxylation is 2. The molecular formula is C14H15Cl2N3O. The summed E-state index contributed by atoms with van der Waals surface area (Å²) in [5.74, 6) is -0.229. The van der Waals surface area contributed by atoms with E-state index in [9.17, 15) is 4.79 Å². The zero-order valence-corrected chi connectivity index (χ0v) is 12.8. The van der Waals surface area contributed by atoms with Crippen LogP contribution in [0.25, 0.3) is 0 Å². The summed E-state index contributed by atoms with van der Waals surface area (Å²) in [4.78, 5) is 12.2. The van der Waals surface area contributed by atoms with E-state index in [1.54, 1.807) is 23.7 Å². The molecule has 1 heterocycles. The number of rotatable bonds is 4. The fraction of sp³-hybridized carbons (Fsp3) is 0.286. The predicted octanol–water partition coefficient (Wildman–Crippen LogP) is 3.45. The van der Waals surface area contributed by atoms with E-state index in [4.69, 9.17) is 23.2 Å². The topological polar surface area (TPSA) is 46.9 Å². The van der Waals surface area contributed by atoms with Crippen molar-refractivity contribution in [1.82, 2.24) is 15.1 Å². The molecule has 1 aromatic heterocycles. The third kappa shape index (κ3) is 3.14. The van der Waals surface area contributed by atoms with Crippen LogP contribution in [0.5, 0.6) is 0 Å². The standard InChI is InChI=1S/C14H15Cl2N3O/c1-3-19-13(12(16)9(2)18-19)14(20)17-8-10-4-6-11(15)7-5-10/h4-7H,3,8H2,1-2H3,(H,17,20). The first kappa shape index (κ1) is 14.9. The van der Waals surface area contributed by atoms with Crippen LogP contribution >= 0.6 is 23.2 Å². The highest BCUT2D eigenvalue weighted by Crippen LogP contribution is 2.20. The first-order valence-electron chi connectivity index (χ1n) is 6.28. The summed E-state index contributed by atoms with van der Waals surface area (Å²) in [7, 11) is 0. The molecule has 106 valence electrons. The number of halogens is 2. The number of nitrogens with one attached hydrogen (secondary N) is 1. The molecule has 0 aliphatic heterocycles. The highest BCUT2D eigenvalue weighted by molar-refractivity contribution is 6.34. The van der Waals surface area contributed by atoms with E-state index in [0.717, 1.165) is 5.56 Å². The van der Waals surface area contributed by atoms with Crippen molar-refractivity contribution in [2.24, 2.45) is 0 Å². The van der Waals surface area contributed by atoms with Crippen LogP contribution in [0, 0.1) is 6.92 Å². The summed E-state index contributed by atoms with van der Waals surface area (Å²) in [5, 5.41) is 8.13. The molecule has 0 aliphatic rings. The van der Waals surface area contributed by atoms with Crippen molar-refractivity contribution in [3.8, 4) is 0 Å². The Balaban J connectivity index is 2.11. The third-order valence-electron chi connectivity index (χ3n) is 2.94. The van der Waals surface area contributed by atoms with Crippen LogP contribution in [-0.2, 0) is 13.1 Å². The van der Waals surface area contributed by atoms with Crippen molar-refractivity contribution in [3.63, 3.8) is 0 Å². The summed E-state index contributed by atoms with van der Waals surface area (Å²) in [6.45, 7) is 4.71. The van der Waals surface area contributed by atoms with Gasteiger partial charge in [-0.1, -0.05) is 35.3 Å². The van der Waals surface area contributed by atoms with Crippen molar-refractivity contribution in [1.29, 1.82) is 0 Å². The van der Waals surface area contributed by atoms with Crippen molar-refractivity contribution in [2.45, 2.75) is 26.9 Å². The smallest absolute Gasteiger partial charge is 0.271 e. The molecule has 1 amide bonds. The molecule has 0 aliphatic carbocycles. The largest absolute Gasteiger partial charge is 0.347 e. The minimum absolute atomic E-state index is 0.229. The Morgan fingerprint density at radius 1 is 1.30 bits per heavy atom. The van der Waals surface area contributed by atoms with Crippen molar-refractivity contribution in [3.05, 3.63) is 51.3 Å². The van der Waals surface area contributed by atoms with Gasteiger partial charge in [-0.2, -0.15) is 5.10 Å². The molecule has 0 fully saturated rings. The lowest BCUT2D eigenvalue weighted by atomic mass is 10.2. The Kier molecular flexibility index (Phi) is 4.68. The number of hydrogen-bond donors (Lipinski definition) is 1. The Labute approximate surface area is 127 Å². The molecular weight excluding hydrogens is 297 g/mol. The van der Waals surface area contributed by atoms with Gasteiger partial charge in [-0.25, -0.2) is 0 Å². The van der Waals surface area contributed by atoms with Gasteiger partial charge in [0.1, 0.15) is 5.69 Å². The Morgan fingerprint density at radius 2 is 1.95 bits per heavy atom. The van der Waals surface area contributed by atoms with Crippen LogP contribution in [0.1, 0.15) is 28.7 Å². The second-order valence-corrected chi connectivity index (χ2v) is 5.19. The minimum Gasteiger partial charge on any atom is -0.347 e. The van der Waals surface area contributed by atoms with Crippen LogP contribution in [0.15, 0.2) is 24.3 Å². The molecule has 0 atom stereocenters. The quantitative estimate of drug-likeness (QED) is 0.940. The van der Waals surface area contributed by atoms with E-state index < -0.39 is 0 Å². The maximum absolute atomic E-state index is 12.2. The summed E-state index contributed by atoms with van der Waals surface area (Å²) >= 11 is 11.9. The average molecular weight is 312 g/mol. The van der Waals surface area contributed by atoms with Gasteiger partial charge in [0.15, 0.2) is 0 Å². The van der Waals surface area contributed by atoms with Gasteiger partial charge in [0, 0.05) is 18.1 Å². The molecule has 0 radical (unpaired) electrons. The predicted molar refractivity (Wildman–Crippen MR) is 80.3 cm³/mol. The zero-order chi connectivity index (χ0) is 14.7.